The Hall–Kier alpha value is -0.0800. The van der Waals surface area contributed by atoms with Crippen LogP contribution in [-0.2, 0) is 4.74 Å². The lowest BCUT2D eigenvalue weighted by Gasteiger charge is -2.15. The first-order chi connectivity index (χ1) is 5.20. The molecule has 0 bridgehead atoms. The Morgan fingerprint density at radius 3 is 2.27 bits per heavy atom. The molecule has 2 nitrogen and oxygen atoms in total. The molecular formula is C9H21NO. The number of nitrogens with one attached hydrogen (secondary N) is 1. The van der Waals surface area contributed by atoms with E-state index in [1.54, 1.807) is 7.11 Å². The van der Waals surface area contributed by atoms with Gasteiger partial charge in [0.1, 0.15) is 0 Å². The van der Waals surface area contributed by atoms with E-state index in [-0.39, 0.29) is 0 Å². The quantitative estimate of drug-likeness (QED) is 0.636. The van der Waals surface area contributed by atoms with Gasteiger partial charge in [0.05, 0.1) is 6.10 Å². The van der Waals surface area contributed by atoms with Gasteiger partial charge in [0.25, 0.3) is 0 Å². The molecule has 0 aromatic rings. The molecule has 0 aliphatic carbocycles. The number of likely N-dealkylation sites (N-methyl/N-ethyl adjacent to an activating group) is 1. The molecule has 1 atom stereocenters. The van der Waals surface area contributed by atoms with Crippen molar-refractivity contribution in [2.24, 2.45) is 5.92 Å². The third-order valence-corrected chi connectivity index (χ3v) is 1.83. The minimum atomic E-state index is 0.391. The van der Waals surface area contributed by atoms with Gasteiger partial charge in [-0.1, -0.05) is 13.8 Å². The Labute approximate surface area is 70.3 Å². The van der Waals surface area contributed by atoms with Gasteiger partial charge in [-0.25, -0.2) is 0 Å². The standard InChI is InChI=1S/C9H21NO/c1-8(2)5-6-9(11-4)7-10-3/h8-10H,5-7H2,1-4H3. The molecule has 68 valence electrons. The zero-order valence-electron chi connectivity index (χ0n) is 8.18. The molecule has 0 aliphatic heterocycles. The largest absolute Gasteiger partial charge is 0.380 e. The van der Waals surface area contributed by atoms with Gasteiger partial charge in [0.15, 0.2) is 0 Å². The van der Waals surface area contributed by atoms with Gasteiger partial charge < -0.3 is 10.1 Å². The van der Waals surface area contributed by atoms with Crippen molar-refractivity contribution < 1.29 is 4.74 Å². The van der Waals surface area contributed by atoms with E-state index in [1.165, 1.54) is 6.42 Å². The summed E-state index contributed by atoms with van der Waals surface area (Å²) in [5.41, 5.74) is 0. The minimum absolute atomic E-state index is 0.391. The molecule has 2 heteroatoms. The molecule has 0 aliphatic rings. The van der Waals surface area contributed by atoms with E-state index in [1.807, 2.05) is 7.05 Å². The second-order valence-corrected chi connectivity index (χ2v) is 3.39. The predicted molar refractivity (Wildman–Crippen MR) is 48.8 cm³/mol. The SMILES string of the molecule is CNCC(CCC(C)C)OC. The normalized spacial score (nSPS) is 13.9. The summed E-state index contributed by atoms with van der Waals surface area (Å²) in [6, 6.07) is 0. The van der Waals surface area contributed by atoms with E-state index in [0.29, 0.717) is 6.10 Å². The Kier molecular flexibility index (Phi) is 6.57. The van der Waals surface area contributed by atoms with E-state index in [9.17, 15) is 0 Å². The van der Waals surface area contributed by atoms with E-state index < -0.39 is 0 Å². The van der Waals surface area contributed by atoms with Crippen molar-refractivity contribution in [1.82, 2.24) is 5.32 Å². The van der Waals surface area contributed by atoms with Crippen LogP contribution in [0.4, 0.5) is 0 Å². The molecule has 0 spiro atoms. The predicted octanol–water partition coefficient (Wildman–Crippen LogP) is 1.66. The molecule has 0 aromatic carbocycles. The molecular weight excluding hydrogens is 138 g/mol. The fourth-order valence-electron chi connectivity index (χ4n) is 1.05. The summed E-state index contributed by atoms with van der Waals surface area (Å²) >= 11 is 0. The summed E-state index contributed by atoms with van der Waals surface area (Å²) in [4.78, 5) is 0. The summed E-state index contributed by atoms with van der Waals surface area (Å²) in [5, 5.41) is 3.12. The maximum Gasteiger partial charge on any atom is 0.0695 e. The first-order valence-corrected chi connectivity index (χ1v) is 4.38. The minimum Gasteiger partial charge on any atom is -0.380 e. The highest BCUT2D eigenvalue weighted by molar-refractivity contribution is 4.60. The fraction of sp³-hybridized carbons (Fsp3) is 1.00. The van der Waals surface area contributed by atoms with Gasteiger partial charge in [0, 0.05) is 13.7 Å². The zero-order valence-corrected chi connectivity index (χ0v) is 8.18. The second kappa shape index (κ2) is 6.62. The van der Waals surface area contributed by atoms with Crippen LogP contribution in [0.2, 0.25) is 0 Å². The third kappa shape index (κ3) is 6.32. The summed E-state index contributed by atoms with van der Waals surface area (Å²) in [5.74, 6) is 0.782. The van der Waals surface area contributed by atoms with Gasteiger partial charge in [-0.15, -0.1) is 0 Å². The Morgan fingerprint density at radius 1 is 1.27 bits per heavy atom. The zero-order chi connectivity index (χ0) is 8.69. The van der Waals surface area contributed by atoms with Crippen molar-refractivity contribution in [2.45, 2.75) is 32.8 Å². The van der Waals surface area contributed by atoms with Crippen molar-refractivity contribution in [3.8, 4) is 0 Å². The number of ether oxygens (including phenoxy) is 1. The molecule has 0 fully saturated rings. The van der Waals surface area contributed by atoms with Crippen molar-refractivity contribution in [1.29, 1.82) is 0 Å². The summed E-state index contributed by atoms with van der Waals surface area (Å²) in [6.45, 7) is 5.45. The first-order valence-electron chi connectivity index (χ1n) is 4.38. The molecule has 1 N–H and O–H groups in total. The molecule has 1 unspecified atom stereocenters. The topological polar surface area (TPSA) is 21.3 Å². The van der Waals surface area contributed by atoms with Crippen molar-refractivity contribution in [3.05, 3.63) is 0 Å². The van der Waals surface area contributed by atoms with Crippen LogP contribution < -0.4 is 5.32 Å². The Morgan fingerprint density at radius 2 is 1.91 bits per heavy atom. The van der Waals surface area contributed by atoms with Crippen LogP contribution in [0.3, 0.4) is 0 Å². The first kappa shape index (κ1) is 10.9. The summed E-state index contributed by atoms with van der Waals surface area (Å²) < 4.78 is 5.28. The van der Waals surface area contributed by atoms with Crippen LogP contribution in [0.25, 0.3) is 0 Å². The summed E-state index contributed by atoms with van der Waals surface area (Å²) in [7, 11) is 3.74. The van der Waals surface area contributed by atoms with Crippen molar-refractivity contribution >= 4 is 0 Å². The van der Waals surface area contributed by atoms with Gasteiger partial charge >= 0.3 is 0 Å². The highest BCUT2D eigenvalue weighted by Crippen LogP contribution is 2.07. The van der Waals surface area contributed by atoms with Crippen LogP contribution in [-0.4, -0.2) is 26.8 Å². The molecule has 0 radical (unpaired) electrons. The number of rotatable bonds is 6. The summed E-state index contributed by atoms with van der Waals surface area (Å²) in [6.07, 6.45) is 2.80. The lowest BCUT2D eigenvalue weighted by Crippen LogP contribution is -2.25. The number of hydrogen-bond acceptors (Lipinski definition) is 2. The maximum absolute atomic E-state index is 5.28. The monoisotopic (exact) mass is 159 g/mol. The van der Waals surface area contributed by atoms with Crippen LogP contribution >= 0.6 is 0 Å². The average Bonchev–Trinajstić information content (AvgIpc) is 1.97. The maximum atomic E-state index is 5.28. The van der Waals surface area contributed by atoms with Crippen LogP contribution in [0.15, 0.2) is 0 Å². The lowest BCUT2D eigenvalue weighted by atomic mass is 10.1. The van der Waals surface area contributed by atoms with Crippen LogP contribution in [0, 0.1) is 5.92 Å². The smallest absolute Gasteiger partial charge is 0.0695 e. The van der Waals surface area contributed by atoms with Crippen LogP contribution in [0.1, 0.15) is 26.7 Å². The number of methoxy groups -OCH3 is 1. The molecule has 0 heterocycles. The molecule has 11 heavy (non-hydrogen) atoms. The van der Waals surface area contributed by atoms with Gasteiger partial charge in [-0.3, -0.25) is 0 Å². The van der Waals surface area contributed by atoms with E-state index >= 15 is 0 Å². The third-order valence-electron chi connectivity index (χ3n) is 1.83. The molecule has 0 amide bonds. The molecule has 0 saturated carbocycles. The van der Waals surface area contributed by atoms with E-state index in [2.05, 4.69) is 19.2 Å². The number of hydrogen-bond donors (Lipinski definition) is 1. The van der Waals surface area contributed by atoms with Crippen LogP contribution in [0.5, 0.6) is 0 Å². The Balaban J connectivity index is 3.35. The van der Waals surface area contributed by atoms with Crippen molar-refractivity contribution in [2.75, 3.05) is 20.7 Å². The van der Waals surface area contributed by atoms with E-state index in [0.717, 1.165) is 18.9 Å². The fourth-order valence-corrected chi connectivity index (χ4v) is 1.05. The highest BCUT2D eigenvalue weighted by Gasteiger charge is 2.05. The molecule has 0 saturated heterocycles. The molecule has 0 aromatic heterocycles. The highest BCUT2D eigenvalue weighted by atomic mass is 16.5. The average molecular weight is 159 g/mol. The second-order valence-electron chi connectivity index (χ2n) is 3.39. The van der Waals surface area contributed by atoms with Crippen molar-refractivity contribution in [3.63, 3.8) is 0 Å². The van der Waals surface area contributed by atoms with E-state index in [4.69, 9.17) is 4.74 Å². The molecule has 0 rings (SSSR count). The van der Waals surface area contributed by atoms with Gasteiger partial charge in [-0.2, -0.15) is 0 Å². The lowest BCUT2D eigenvalue weighted by molar-refractivity contribution is 0.0913. The Bertz CT molecular complexity index is 83.6. The van der Waals surface area contributed by atoms with Gasteiger partial charge in [0.2, 0.25) is 0 Å². The van der Waals surface area contributed by atoms with Gasteiger partial charge in [-0.05, 0) is 25.8 Å².